The van der Waals surface area contributed by atoms with Crippen molar-refractivity contribution in [1.29, 1.82) is 0 Å². The average molecular weight is 300 g/mol. The van der Waals surface area contributed by atoms with Gasteiger partial charge in [0.2, 0.25) is 10.0 Å². The maximum atomic E-state index is 11.3. The van der Waals surface area contributed by atoms with E-state index in [0.717, 1.165) is 23.7 Å². The zero-order chi connectivity index (χ0) is 14.9. The molecule has 3 rings (SSSR count). The van der Waals surface area contributed by atoms with Crippen LogP contribution >= 0.6 is 0 Å². The van der Waals surface area contributed by atoms with Gasteiger partial charge in [0.05, 0.1) is 6.26 Å². The highest BCUT2D eigenvalue weighted by Gasteiger charge is 2.06. The lowest BCUT2D eigenvalue weighted by atomic mass is 10.2. The summed E-state index contributed by atoms with van der Waals surface area (Å²) in [5, 5.41) is 1.01. The number of rotatable bonds is 4. The van der Waals surface area contributed by atoms with Crippen molar-refractivity contribution in [2.45, 2.75) is 6.54 Å². The third-order valence-corrected chi connectivity index (χ3v) is 3.88. The minimum atomic E-state index is -3.24. The number of nitrogens with zero attached hydrogens (tertiary/aromatic N) is 1. The Balaban J connectivity index is 1.93. The number of nitrogens with one attached hydrogen (secondary N) is 1. The van der Waals surface area contributed by atoms with Gasteiger partial charge < -0.3 is 4.57 Å². The Morgan fingerprint density at radius 2 is 1.81 bits per heavy atom. The normalized spacial score (nSPS) is 11.7. The molecule has 0 fully saturated rings. The van der Waals surface area contributed by atoms with Crippen LogP contribution in [0.5, 0.6) is 0 Å². The van der Waals surface area contributed by atoms with Crippen molar-refractivity contribution < 1.29 is 8.42 Å². The van der Waals surface area contributed by atoms with E-state index < -0.39 is 10.0 Å². The summed E-state index contributed by atoms with van der Waals surface area (Å²) in [6.45, 7) is 0.795. The summed E-state index contributed by atoms with van der Waals surface area (Å²) in [6, 6.07) is 17.8. The molecule has 0 atom stereocenters. The first kappa shape index (κ1) is 13.7. The van der Waals surface area contributed by atoms with Gasteiger partial charge in [-0.25, -0.2) is 8.42 Å². The first-order valence-electron chi connectivity index (χ1n) is 6.62. The van der Waals surface area contributed by atoms with Gasteiger partial charge >= 0.3 is 0 Å². The maximum Gasteiger partial charge on any atom is 0.229 e. The molecule has 0 bridgehead atoms. The van der Waals surface area contributed by atoms with Crippen LogP contribution in [0.15, 0.2) is 60.8 Å². The van der Waals surface area contributed by atoms with E-state index in [-0.39, 0.29) is 0 Å². The molecule has 2 aromatic carbocycles. The van der Waals surface area contributed by atoms with Gasteiger partial charge in [-0.1, -0.05) is 30.3 Å². The second-order valence-corrected chi connectivity index (χ2v) is 6.83. The number of aromatic nitrogens is 1. The molecule has 0 amide bonds. The van der Waals surface area contributed by atoms with Crippen LogP contribution in [0.4, 0.5) is 5.69 Å². The summed E-state index contributed by atoms with van der Waals surface area (Å²) in [4.78, 5) is 0. The molecule has 1 heterocycles. The van der Waals surface area contributed by atoms with Crippen LogP contribution in [0.2, 0.25) is 0 Å². The summed E-state index contributed by atoms with van der Waals surface area (Å²) < 4.78 is 27.2. The SMILES string of the molecule is CS(=O)(=O)Nc1ccc2c(ccn2Cc2ccccc2)c1. The van der Waals surface area contributed by atoms with Crippen molar-refractivity contribution in [1.82, 2.24) is 4.57 Å². The Morgan fingerprint density at radius 3 is 2.52 bits per heavy atom. The average Bonchev–Trinajstić information content (AvgIpc) is 2.81. The van der Waals surface area contributed by atoms with Gasteiger partial charge in [0.1, 0.15) is 0 Å². The quantitative estimate of drug-likeness (QED) is 0.805. The highest BCUT2D eigenvalue weighted by Crippen LogP contribution is 2.22. The Bertz CT molecular complexity index is 868. The third-order valence-electron chi connectivity index (χ3n) is 3.27. The number of benzene rings is 2. The van der Waals surface area contributed by atoms with Gasteiger partial charge in [0.25, 0.3) is 0 Å². The molecule has 0 aliphatic carbocycles. The van der Waals surface area contributed by atoms with Crippen LogP contribution in [-0.4, -0.2) is 19.2 Å². The first-order valence-corrected chi connectivity index (χ1v) is 8.51. The van der Waals surface area contributed by atoms with Gasteiger partial charge in [-0.15, -0.1) is 0 Å². The first-order chi connectivity index (χ1) is 10.0. The summed E-state index contributed by atoms with van der Waals surface area (Å²) in [5.41, 5.74) is 2.90. The molecule has 1 N–H and O–H groups in total. The number of fused-ring (bicyclic) bond motifs is 1. The summed E-state index contributed by atoms with van der Waals surface area (Å²) in [5.74, 6) is 0. The van der Waals surface area contributed by atoms with Crippen molar-refractivity contribution in [3.05, 3.63) is 66.4 Å². The molecule has 0 saturated carbocycles. The molecule has 5 heteroatoms. The molecule has 0 radical (unpaired) electrons. The molecule has 0 aliphatic heterocycles. The molecule has 3 aromatic rings. The van der Waals surface area contributed by atoms with E-state index in [1.807, 2.05) is 42.6 Å². The molecule has 21 heavy (non-hydrogen) atoms. The molecule has 108 valence electrons. The van der Waals surface area contributed by atoms with Crippen molar-refractivity contribution in [2.24, 2.45) is 0 Å². The predicted octanol–water partition coefficient (Wildman–Crippen LogP) is 3.06. The van der Waals surface area contributed by atoms with Crippen LogP contribution in [0.1, 0.15) is 5.56 Å². The van der Waals surface area contributed by atoms with E-state index in [9.17, 15) is 8.42 Å². The molecule has 0 unspecified atom stereocenters. The van der Waals surface area contributed by atoms with Gasteiger partial charge in [-0.05, 0) is 29.8 Å². The Labute approximate surface area is 124 Å². The highest BCUT2D eigenvalue weighted by molar-refractivity contribution is 7.92. The summed E-state index contributed by atoms with van der Waals surface area (Å²) in [7, 11) is -3.24. The Hall–Kier alpha value is -2.27. The monoisotopic (exact) mass is 300 g/mol. The van der Waals surface area contributed by atoms with Crippen molar-refractivity contribution in [3.8, 4) is 0 Å². The highest BCUT2D eigenvalue weighted by atomic mass is 32.2. The lowest BCUT2D eigenvalue weighted by Gasteiger charge is -2.07. The maximum absolute atomic E-state index is 11.3. The Kier molecular flexibility index (Phi) is 3.43. The van der Waals surface area contributed by atoms with Crippen LogP contribution in [0, 0.1) is 0 Å². The number of sulfonamides is 1. The van der Waals surface area contributed by atoms with E-state index in [1.165, 1.54) is 5.56 Å². The van der Waals surface area contributed by atoms with Gasteiger partial charge in [-0.3, -0.25) is 4.72 Å². The minimum Gasteiger partial charge on any atom is -0.343 e. The summed E-state index contributed by atoms with van der Waals surface area (Å²) in [6.07, 6.45) is 3.17. The lowest BCUT2D eigenvalue weighted by molar-refractivity contribution is 0.607. The van der Waals surface area contributed by atoms with E-state index in [1.54, 1.807) is 6.07 Å². The fourth-order valence-corrected chi connectivity index (χ4v) is 2.95. The lowest BCUT2D eigenvalue weighted by Crippen LogP contribution is -2.09. The molecular weight excluding hydrogens is 284 g/mol. The molecule has 1 aromatic heterocycles. The van der Waals surface area contributed by atoms with E-state index >= 15 is 0 Å². The zero-order valence-corrected chi connectivity index (χ0v) is 12.5. The predicted molar refractivity (Wildman–Crippen MR) is 85.9 cm³/mol. The van der Waals surface area contributed by atoms with Crippen molar-refractivity contribution in [3.63, 3.8) is 0 Å². The number of hydrogen-bond donors (Lipinski definition) is 1. The minimum absolute atomic E-state index is 0.586. The van der Waals surface area contributed by atoms with Gasteiger partial charge in [-0.2, -0.15) is 0 Å². The van der Waals surface area contributed by atoms with Crippen LogP contribution in [0.3, 0.4) is 0 Å². The van der Waals surface area contributed by atoms with Crippen molar-refractivity contribution in [2.75, 3.05) is 11.0 Å². The standard InChI is InChI=1S/C16H16N2O2S/c1-21(19,20)17-15-7-8-16-14(11-15)9-10-18(16)12-13-5-3-2-4-6-13/h2-11,17H,12H2,1H3. The molecular formula is C16H16N2O2S. The van der Waals surface area contributed by atoms with Gasteiger partial charge in [0.15, 0.2) is 0 Å². The van der Waals surface area contributed by atoms with E-state index in [2.05, 4.69) is 21.4 Å². The van der Waals surface area contributed by atoms with E-state index in [4.69, 9.17) is 0 Å². The third kappa shape index (κ3) is 3.25. The fourth-order valence-electron chi connectivity index (χ4n) is 2.40. The van der Waals surface area contributed by atoms with E-state index in [0.29, 0.717) is 5.69 Å². The van der Waals surface area contributed by atoms with Gasteiger partial charge in [0, 0.05) is 29.3 Å². The number of hydrogen-bond acceptors (Lipinski definition) is 2. The molecule has 4 nitrogen and oxygen atoms in total. The molecule has 0 spiro atoms. The second-order valence-electron chi connectivity index (χ2n) is 5.08. The van der Waals surface area contributed by atoms with Crippen LogP contribution in [0.25, 0.3) is 10.9 Å². The smallest absolute Gasteiger partial charge is 0.229 e. The number of anilines is 1. The summed E-state index contributed by atoms with van der Waals surface area (Å²) >= 11 is 0. The largest absolute Gasteiger partial charge is 0.343 e. The topological polar surface area (TPSA) is 51.1 Å². The molecule has 0 aliphatic rings. The second kappa shape index (κ2) is 5.26. The fraction of sp³-hybridized carbons (Fsp3) is 0.125. The van der Waals surface area contributed by atoms with Crippen LogP contribution < -0.4 is 4.72 Å². The Morgan fingerprint density at radius 1 is 1.05 bits per heavy atom. The molecule has 0 saturated heterocycles. The van der Waals surface area contributed by atoms with Crippen LogP contribution in [-0.2, 0) is 16.6 Å². The van der Waals surface area contributed by atoms with Crippen molar-refractivity contribution >= 4 is 26.6 Å². The zero-order valence-electron chi connectivity index (χ0n) is 11.7.